The van der Waals surface area contributed by atoms with Crippen molar-refractivity contribution in [2.45, 2.75) is 44.8 Å². The Morgan fingerprint density at radius 3 is 3.04 bits per heavy atom. The molecule has 28 heavy (non-hydrogen) atoms. The molecule has 2 N–H and O–H groups in total. The second-order valence-electron chi connectivity index (χ2n) is 8.15. The van der Waals surface area contributed by atoms with Crippen molar-refractivity contribution in [2.75, 3.05) is 26.2 Å². The smallest absolute Gasteiger partial charge is 0.194 e. The van der Waals surface area contributed by atoms with E-state index in [0.29, 0.717) is 18.5 Å². The maximum atomic E-state index is 11.2. The Morgan fingerprint density at radius 1 is 1.39 bits per heavy atom. The van der Waals surface area contributed by atoms with Gasteiger partial charge in [-0.2, -0.15) is 0 Å². The van der Waals surface area contributed by atoms with Gasteiger partial charge in [0.15, 0.2) is 5.96 Å². The molecule has 2 heterocycles. The van der Waals surface area contributed by atoms with Crippen LogP contribution in [0.2, 0.25) is 0 Å². The maximum absolute atomic E-state index is 11.2. The first-order valence-electron chi connectivity index (χ1n) is 10.4. The number of guanidine groups is 1. The molecule has 4 rings (SSSR count). The quantitative estimate of drug-likeness (QED) is 0.631. The molecule has 6 nitrogen and oxygen atoms in total. The molecule has 0 amide bonds. The van der Waals surface area contributed by atoms with Crippen LogP contribution < -0.4 is 5.32 Å². The highest BCUT2D eigenvalue weighted by Gasteiger charge is 2.37. The number of piperidine rings is 1. The summed E-state index contributed by atoms with van der Waals surface area (Å²) >= 11 is 0. The van der Waals surface area contributed by atoms with E-state index < -0.39 is 5.60 Å². The summed E-state index contributed by atoms with van der Waals surface area (Å²) < 4.78 is 2.21. The molecule has 0 spiro atoms. The summed E-state index contributed by atoms with van der Waals surface area (Å²) in [5.74, 6) is 1.50. The van der Waals surface area contributed by atoms with Gasteiger partial charge in [-0.05, 0) is 43.2 Å². The molecule has 150 valence electrons. The second kappa shape index (κ2) is 7.95. The highest BCUT2D eigenvalue weighted by molar-refractivity contribution is 5.80. The van der Waals surface area contributed by atoms with Crippen LogP contribution in [0.3, 0.4) is 0 Å². The van der Waals surface area contributed by atoms with E-state index in [4.69, 9.17) is 4.99 Å². The number of aromatic nitrogens is 2. The third-order valence-electron chi connectivity index (χ3n) is 6.28. The fourth-order valence-corrected chi connectivity index (χ4v) is 4.56. The largest absolute Gasteiger partial charge is 0.383 e. The normalized spacial score (nSPS) is 27.7. The summed E-state index contributed by atoms with van der Waals surface area (Å²) in [6, 6.07) is 8.59. The predicted octanol–water partition coefficient (Wildman–Crippen LogP) is 2.57. The standard InChI is InChI=1S/C22H31N5O/c1-3-24-21(25-15-22(28)10-8-18-6-4-5-7-19(18)22)26-12-9-17(2)20(14-26)27-13-11-23-16-27/h4-7,11,13,16-17,20,28H,3,8-10,12,14-15H2,1-2H3,(H,24,25). The molecule has 0 bridgehead atoms. The fourth-order valence-electron chi connectivity index (χ4n) is 4.56. The number of fused-ring (bicyclic) bond motifs is 1. The van der Waals surface area contributed by atoms with Crippen molar-refractivity contribution >= 4 is 5.96 Å². The molecule has 1 saturated heterocycles. The number of benzene rings is 1. The zero-order chi connectivity index (χ0) is 19.6. The van der Waals surface area contributed by atoms with Gasteiger partial charge in [0.1, 0.15) is 5.60 Å². The summed E-state index contributed by atoms with van der Waals surface area (Å²) in [7, 11) is 0. The van der Waals surface area contributed by atoms with E-state index in [1.165, 1.54) is 5.56 Å². The number of hydrogen-bond donors (Lipinski definition) is 2. The summed E-state index contributed by atoms with van der Waals surface area (Å²) in [5.41, 5.74) is 1.43. The van der Waals surface area contributed by atoms with Gasteiger partial charge in [-0.25, -0.2) is 9.98 Å². The zero-order valence-electron chi connectivity index (χ0n) is 16.9. The van der Waals surface area contributed by atoms with Gasteiger partial charge in [0.25, 0.3) is 0 Å². The van der Waals surface area contributed by atoms with Crippen molar-refractivity contribution in [3.8, 4) is 0 Å². The minimum absolute atomic E-state index is 0.385. The molecule has 0 saturated carbocycles. The lowest BCUT2D eigenvalue weighted by Gasteiger charge is -2.39. The zero-order valence-corrected chi connectivity index (χ0v) is 16.9. The van der Waals surface area contributed by atoms with E-state index in [0.717, 1.165) is 50.4 Å². The molecule has 2 aliphatic rings. The highest BCUT2D eigenvalue weighted by Crippen LogP contribution is 2.37. The van der Waals surface area contributed by atoms with Crippen LogP contribution in [-0.4, -0.2) is 51.7 Å². The summed E-state index contributed by atoms with van der Waals surface area (Å²) in [4.78, 5) is 11.4. The fraction of sp³-hybridized carbons (Fsp3) is 0.545. The Hall–Kier alpha value is -2.34. The Bertz CT molecular complexity index is 818. The number of aliphatic imine (C=N–C) groups is 1. The van der Waals surface area contributed by atoms with Gasteiger partial charge < -0.3 is 19.9 Å². The van der Waals surface area contributed by atoms with Crippen LogP contribution in [0.15, 0.2) is 48.0 Å². The van der Waals surface area contributed by atoms with Crippen LogP contribution in [-0.2, 0) is 12.0 Å². The lowest BCUT2D eigenvalue weighted by molar-refractivity contribution is 0.0481. The SMILES string of the molecule is CCNC(=NCC1(O)CCc2ccccc21)N1CCC(C)C(n2ccnc2)C1. The first-order chi connectivity index (χ1) is 13.6. The third-order valence-corrected chi connectivity index (χ3v) is 6.28. The molecule has 1 fully saturated rings. The van der Waals surface area contributed by atoms with Crippen LogP contribution in [0, 0.1) is 5.92 Å². The highest BCUT2D eigenvalue weighted by atomic mass is 16.3. The Kier molecular flexibility index (Phi) is 5.40. The average molecular weight is 382 g/mol. The molecule has 1 aromatic carbocycles. The summed E-state index contributed by atoms with van der Waals surface area (Å²) in [6.07, 6.45) is 8.57. The molecule has 0 radical (unpaired) electrons. The number of aryl methyl sites for hydroxylation is 1. The Labute approximate surface area is 167 Å². The Morgan fingerprint density at radius 2 is 2.25 bits per heavy atom. The second-order valence-corrected chi connectivity index (χ2v) is 8.15. The van der Waals surface area contributed by atoms with Crippen molar-refractivity contribution in [3.63, 3.8) is 0 Å². The molecule has 3 unspecified atom stereocenters. The first-order valence-corrected chi connectivity index (χ1v) is 10.4. The van der Waals surface area contributed by atoms with Gasteiger partial charge in [0.05, 0.1) is 18.9 Å². The monoisotopic (exact) mass is 381 g/mol. The molecule has 3 atom stereocenters. The molecular weight excluding hydrogens is 350 g/mol. The van der Waals surface area contributed by atoms with E-state index in [9.17, 15) is 5.11 Å². The van der Waals surface area contributed by atoms with Crippen LogP contribution in [0.4, 0.5) is 0 Å². The average Bonchev–Trinajstić information content (AvgIpc) is 3.35. The summed E-state index contributed by atoms with van der Waals surface area (Å²) in [5, 5.41) is 14.7. The van der Waals surface area contributed by atoms with E-state index >= 15 is 0 Å². The van der Waals surface area contributed by atoms with E-state index in [2.05, 4.69) is 39.7 Å². The van der Waals surface area contributed by atoms with Crippen LogP contribution in [0.5, 0.6) is 0 Å². The lowest BCUT2D eigenvalue weighted by atomic mass is 9.93. The van der Waals surface area contributed by atoms with Crippen LogP contribution >= 0.6 is 0 Å². The van der Waals surface area contributed by atoms with Crippen LogP contribution in [0.1, 0.15) is 43.9 Å². The van der Waals surface area contributed by atoms with Gasteiger partial charge in [0, 0.05) is 32.0 Å². The Balaban J connectivity index is 1.52. The number of imidazole rings is 1. The number of rotatable bonds is 4. The first kappa shape index (κ1) is 19.0. The third kappa shape index (κ3) is 3.65. The maximum Gasteiger partial charge on any atom is 0.194 e. The number of likely N-dealkylation sites (tertiary alicyclic amines) is 1. The van der Waals surface area contributed by atoms with Gasteiger partial charge >= 0.3 is 0 Å². The van der Waals surface area contributed by atoms with Gasteiger partial charge in [-0.15, -0.1) is 0 Å². The van der Waals surface area contributed by atoms with Crippen LogP contribution in [0.25, 0.3) is 0 Å². The minimum Gasteiger partial charge on any atom is -0.383 e. The van der Waals surface area contributed by atoms with Crippen molar-refractivity contribution in [2.24, 2.45) is 10.9 Å². The molecule has 1 aliphatic heterocycles. The van der Waals surface area contributed by atoms with Crippen molar-refractivity contribution in [3.05, 3.63) is 54.1 Å². The van der Waals surface area contributed by atoms with Gasteiger partial charge in [-0.3, -0.25) is 0 Å². The molecular formula is C22H31N5O. The lowest BCUT2D eigenvalue weighted by Crippen LogP contribution is -2.49. The molecule has 2 aromatic rings. The van der Waals surface area contributed by atoms with Gasteiger partial charge in [-0.1, -0.05) is 31.2 Å². The van der Waals surface area contributed by atoms with Crippen molar-refractivity contribution in [1.82, 2.24) is 19.8 Å². The molecule has 1 aromatic heterocycles. The number of hydrogen-bond acceptors (Lipinski definition) is 3. The number of nitrogens with zero attached hydrogens (tertiary/aromatic N) is 4. The summed E-state index contributed by atoms with van der Waals surface area (Å²) in [6.45, 7) is 7.49. The van der Waals surface area contributed by atoms with E-state index in [1.54, 1.807) is 0 Å². The van der Waals surface area contributed by atoms with Gasteiger partial charge in [0.2, 0.25) is 0 Å². The minimum atomic E-state index is -0.857. The van der Waals surface area contributed by atoms with E-state index in [1.807, 2.05) is 36.9 Å². The van der Waals surface area contributed by atoms with E-state index in [-0.39, 0.29) is 0 Å². The predicted molar refractivity (Wildman–Crippen MR) is 111 cm³/mol. The number of aliphatic hydroxyl groups is 1. The number of nitrogens with one attached hydrogen (secondary N) is 1. The molecule has 1 aliphatic carbocycles. The molecule has 6 heteroatoms. The van der Waals surface area contributed by atoms with Crippen molar-refractivity contribution in [1.29, 1.82) is 0 Å². The van der Waals surface area contributed by atoms with Crippen molar-refractivity contribution < 1.29 is 5.11 Å². The topological polar surface area (TPSA) is 65.7 Å².